The number of nitrogens with zero attached hydrogens (tertiary/aromatic N) is 2. The molecule has 0 radical (unpaired) electrons. The van der Waals surface area contributed by atoms with E-state index in [1.807, 2.05) is 24.6 Å². The van der Waals surface area contributed by atoms with Gasteiger partial charge in [0.1, 0.15) is 0 Å². The molecule has 1 heterocycles. The fraction of sp³-hybridized carbons (Fsp3) is 0.400. The lowest BCUT2D eigenvalue weighted by Gasteiger charge is -2.11. The molecule has 0 fully saturated rings. The summed E-state index contributed by atoms with van der Waals surface area (Å²) in [5.74, 6) is 0. The summed E-state index contributed by atoms with van der Waals surface area (Å²) in [6.07, 6.45) is -3.48. The highest BCUT2D eigenvalue weighted by Crippen LogP contribution is 2.30. The van der Waals surface area contributed by atoms with Crippen molar-refractivity contribution in [1.82, 2.24) is 9.78 Å². The van der Waals surface area contributed by atoms with Gasteiger partial charge in [0.2, 0.25) is 0 Å². The molecule has 21 heavy (non-hydrogen) atoms. The van der Waals surface area contributed by atoms with Gasteiger partial charge < -0.3 is 5.32 Å². The topological polar surface area (TPSA) is 29.9 Å². The summed E-state index contributed by atoms with van der Waals surface area (Å²) in [4.78, 5) is 0. The highest BCUT2D eigenvalue weighted by molar-refractivity contribution is 5.46. The maximum Gasteiger partial charge on any atom is 0.416 e. The summed E-state index contributed by atoms with van der Waals surface area (Å²) in [6.45, 7) is 5.19. The molecule has 0 aliphatic heterocycles. The van der Waals surface area contributed by atoms with Crippen molar-refractivity contribution in [2.75, 3.05) is 5.32 Å². The van der Waals surface area contributed by atoms with Gasteiger partial charge in [0, 0.05) is 12.2 Å². The third kappa shape index (κ3) is 3.77. The fourth-order valence-corrected chi connectivity index (χ4v) is 2.10. The van der Waals surface area contributed by atoms with E-state index in [2.05, 4.69) is 10.4 Å². The number of halogens is 3. The Labute approximate surface area is 121 Å². The SMILES string of the molecule is CCc1cc(CNc2cccc(C(F)(F)F)c2)n(CC)n1. The van der Waals surface area contributed by atoms with Crippen molar-refractivity contribution in [1.29, 1.82) is 0 Å². The van der Waals surface area contributed by atoms with Crippen molar-refractivity contribution in [3.8, 4) is 0 Å². The van der Waals surface area contributed by atoms with E-state index in [9.17, 15) is 13.2 Å². The van der Waals surface area contributed by atoms with Crippen molar-refractivity contribution in [3.05, 3.63) is 47.3 Å². The minimum atomic E-state index is -4.32. The largest absolute Gasteiger partial charge is 0.416 e. The van der Waals surface area contributed by atoms with Crippen LogP contribution >= 0.6 is 0 Å². The maximum absolute atomic E-state index is 12.7. The second-order valence-electron chi connectivity index (χ2n) is 4.73. The number of aromatic nitrogens is 2. The van der Waals surface area contributed by atoms with Gasteiger partial charge in [0.15, 0.2) is 0 Å². The number of hydrogen-bond donors (Lipinski definition) is 1. The third-order valence-corrected chi connectivity index (χ3v) is 3.24. The first-order chi connectivity index (χ1) is 9.94. The van der Waals surface area contributed by atoms with E-state index >= 15 is 0 Å². The molecule has 0 amide bonds. The Morgan fingerprint density at radius 1 is 1.19 bits per heavy atom. The average molecular weight is 297 g/mol. The van der Waals surface area contributed by atoms with Gasteiger partial charge in [0.25, 0.3) is 0 Å². The van der Waals surface area contributed by atoms with Crippen molar-refractivity contribution >= 4 is 5.69 Å². The van der Waals surface area contributed by atoms with Crippen molar-refractivity contribution in [3.63, 3.8) is 0 Å². The zero-order chi connectivity index (χ0) is 15.5. The van der Waals surface area contributed by atoms with Gasteiger partial charge in [0.05, 0.1) is 23.5 Å². The van der Waals surface area contributed by atoms with Gasteiger partial charge in [-0.05, 0) is 37.6 Å². The summed E-state index contributed by atoms with van der Waals surface area (Å²) in [5, 5.41) is 7.44. The zero-order valence-electron chi connectivity index (χ0n) is 12.0. The Kier molecular flexibility index (Phi) is 4.55. The van der Waals surface area contributed by atoms with Gasteiger partial charge >= 0.3 is 6.18 Å². The van der Waals surface area contributed by atoms with Crippen LogP contribution in [0.1, 0.15) is 30.8 Å². The van der Waals surface area contributed by atoms with Gasteiger partial charge in [-0.25, -0.2) is 0 Å². The number of aryl methyl sites for hydroxylation is 2. The molecule has 1 aromatic heterocycles. The van der Waals surface area contributed by atoms with Gasteiger partial charge in [-0.1, -0.05) is 13.0 Å². The van der Waals surface area contributed by atoms with Crippen LogP contribution in [-0.4, -0.2) is 9.78 Å². The molecule has 0 bridgehead atoms. The van der Waals surface area contributed by atoms with E-state index in [4.69, 9.17) is 0 Å². The normalized spacial score (nSPS) is 11.7. The Morgan fingerprint density at radius 2 is 1.95 bits per heavy atom. The zero-order valence-corrected chi connectivity index (χ0v) is 12.0. The van der Waals surface area contributed by atoms with Crippen LogP contribution in [0.2, 0.25) is 0 Å². The minimum Gasteiger partial charge on any atom is -0.379 e. The monoisotopic (exact) mass is 297 g/mol. The highest BCUT2D eigenvalue weighted by Gasteiger charge is 2.30. The van der Waals surface area contributed by atoms with Crippen molar-refractivity contribution in [2.24, 2.45) is 0 Å². The highest BCUT2D eigenvalue weighted by atomic mass is 19.4. The number of hydrogen-bond acceptors (Lipinski definition) is 2. The molecule has 0 atom stereocenters. The molecule has 0 aliphatic rings. The number of rotatable bonds is 5. The lowest BCUT2D eigenvalue weighted by Crippen LogP contribution is -2.09. The fourth-order valence-electron chi connectivity index (χ4n) is 2.10. The van der Waals surface area contributed by atoms with E-state index < -0.39 is 11.7 Å². The summed E-state index contributed by atoms with van der Waals surface area (Å²) in [6, 6.07) is 7.19. The van der Waals surface area contributed by atoms with E-state index in [-0.39, 0.29) is 0 Å². The molecule has 0 unspecified atom stereocenters. The molecule has 0 saturated heterocycles. The molecule has 0 saturated carbocycles. The molecule has 1 N–H and O–H groups in total. The quantitative estimate of drug-likeness (QED) is 0.900. The second-order valence-corrected chi connectivity index (χ2v) is 4.73. The first kappa shape index (κ1) is 15.4. The van der Waals surface area contributed by atoms with Crippen LogP contribution in [0.3, 0.4) is 0 Å². The van der Waals surface area contributed by atoms with Crippen LogP contribution in [0.25, 0.3) is 0 Å². The van der Waals surface area contributed by atoms with Crippen molar-refractivity contribution < 1.29 is 13.2 Å². The van der Waals surface area contributed by atoms with E-state index in [0.717, 1.165) is 36.5 Å². The Hall–Kier alpha value is -1.98. The van der Waals surface area contributed by atoms with Gasteiger partial charge in [-0.3, -0.25) is 4.68 Å². The van der Waals surface area contributed by atoms with Gasteiger partial charge in [-0.2, -0.15) is 18.3 Å². The summed E-state index contributed by atoms with van der Waals surface area (Å²) in [5.41, 5.74) is 1.75. The second kappa shape index (κ2) is 6.20. The van der Waals surface area contributed by atoms with Crippen LogP contribution in [0.5, 0.6) is 0 Å². The van der Waals surface area contributed by atoms with Crippen LogP contribution in [-0.2, 0) is 25.7 Å². The van der Waals surface area contributed by atoms with E-state index in [0.29, 0.717) is 12.2 Å². The van der Waals surface area contributed by atoms with Crippen LogP contribution < -0.4 is 5.32 Å². The standard InChI is InChI=1S/C15H18F3N3/c1-3-12-9-14(21(4-2)20-12)10-19-13-7-5-6-11(8-13)15(16,17)18/h5-9,19H,3-4,10H2,1-2H3. The first-order valence-electron chi connectivity index (χ1n) is 6.90. The maximum atomic E-state index is 12.7. The third-order valence-electron chi connectivity index (χ3n) is 3.24. The van der Waals surface area contributed by atoms with Crippen LogP contribution in [0.15, 0.2) is 30.3 Å². The van der Waals surface area contributed by atoms with E-state index in [1.165, 1.54) is 6.07 Å². The first-order valence-corrected chi connectivity index (χ1v) is 6.90. The van der Waals surface area contributed by atoms with Crippen LogP contribution in [0, 0.1) is 0 Å². The molecule has 0 aliphatic carbocycles. The van der Waals surface area contributed by atoms with E-state index in [1.54, 1.807) is 6.07 Å². The number of benzene rings is 1. The Morgan fingerprint density at radius 3 is 2.57 bits per heavy atom. The predicted octanol–water partition coefficient (Wildman–Crippen LogP) is 4.10. The van der Waals surface area contributed by atoms with Gasteiger partial charge in [-0.15, -0.1) is 0 Å². The van der Waals surface area contributed by atoms with Crippen molar-refractivity contribution in [2.45, 2.75) is 39.5 Å². The molecule has 1 aromatic carbocycles. The molecule has 2 aromatic rings. The lowest BCUT2D eigenvalue weighted by atomic mass is 10.2. The minimum absolute atomic E-state index is 0.447. The number of anilines is 1. The molecule has 6 heteroatoms. The molecule has 0 spiro atoms. The number of nitrogens with one attached hydrogen (secondary N) is 1. The van der Waals surface area contributed by atoms with Crippen LogP contribution in [0.4, 0.5) is 18.9 Å². The summed E-state index contributed by atoms with van der Waals surface area (Å²) in [7, 11) is 0. The molecule has 3 nitrogen and oxygen atoms in total. The predicted molar refractivity (Wildman–Crippen MR) is 76.0 cm³/mol. The summed E-state index contributed by atoms with van der Waals surface area (Å²) >= 11 is 0. The Balaban J connectivity index is 2.11. The molecule has 114 valence electrons. The smallest absolute Gasteiger partial charge is 0.379 e. The average Bonchev–Trinajstić information content (AvgIpc) is 2.87. The molecular formula is C15H18F3N3. The number of alkyl halides is 3. The molecular weight excluding hydrogens is 279 g/mol. The summed E-state index contributed by atoms with van der Waals surface area (Å²) < 4.78 is 39.8. The Bertz CT molecular complexity index is 602. The molecule has 2 rings (SSSR count). The lowest BCUT2D eigenvalue weighted by molar-refractivity contribution is -0.137.